The first-order valence-electron chi connectivity index (χ1n) is 15.8. The Balaban J connectivity index is 1.61. The van der Waals surface area contributed by atoms with Crippen molar-refractivity contribution in [3.05, 3.63) is 83.9 Å². The minimum absolute atomic E-state index is 0.0308. The predicted octanol–water partition coefficient (Wildman–Crippen LogP) is -3.02. The smallest absolute Gasteiger partial charge is 0.326 e. The first-order valence-corrected chi connectivity index (χ1v) is 15.8. The summed E-state index contributed by atoms with van der Waals surface area (Å²) in [7, 11) is 0. The highest BCUT2D eigenvalue weighted by Gasteiger charge is 2.32. The molecule has 0 aliphatic rings. The zero-order valence-corrected chi connectivity index (χ0v) is 27.6. The van der Waals surface area contributed by atoms with Gasteiger partial charge < -0.3 is 57.7 Å². The predicted molar refractivity (Wildman–Crippen MR) is 179 cm³/mol. The number of nitrogens with two attached hydrogens (primary N) is 1. The number of nitrogens with zero attached hydrogens (tertiary/aromatic N) is 1. The molecule has 0 bridgehead atoms. The molecule has 1 aromatic heterocycles. The summed E-state index contributed by atoms with van der Waals surface area (Å²) in [5.74, 6) is -5.90. The van der Waals surface area contributed by atoms with Crippen LogP contribution in [0.1, 0.15) is 23.7 Å². The van der Waals surface area contributed by atoms with Gasteiger partial charge in [-0.2, -0.15) is 0 Å². The van der Waals surface area contributed by atoms with Crippen LogP contribution in [-0.4, -0.2) is 115 Å². The third-order valence-corrected chi connectivity index (χ3v) is 7.55. The lowest BCUT2D eigenvalue weighted by Crippen LogP contribution is -2.60. The van der Waals surface area contributed by atoms with Gasteiger partial charge in [-0.15, -0.1) is 0 Å². The Morgan fingerprint density at radius 3 is 2.00 bits per heavy atom. The minimum atomic E-state index is -1.64. The van der Waals surface area contributed by atoms with Gasteiger partial charge in [-0.1, -0.05) is 42.5 Å². The number of aromatic nitrogens is 2. The minimum Gasteiger partial charge on any atom is -0.508 e. The van der Waals surface area contributed by atoms with Crippen molar-refractivity contribution in [2.24, 2.45) is 5.73 Å². The molecule has 1 heterocycles. The largest absolute Gasteiger partial charge is 0.508 e. The first kappa shape index (κ1) is 39.6. The molecule has 0 radical (unpaired) electrons. The lowest BCUT2D eigenvalue weighted by atomic mass is 10.0. The molecule has 0 spiro atoms. The maximum atomic E-state index is 13.3. The van der Waals surface area contributed by atoms with E-state index in [1.165, 1.54) is 43.7 Å². The van der Waals surface area contributed by atoms with Crippen molar-refractivity contribution in [2.75, 3.05) is 13.2 Å². The fraction of sp³-hybridized carbons (Fsp3) is 0.364. The fourth-order valence-corrected chi connectivity index (χ4v) is 4.78. The Bertz CT molecular complexity index is 1620. The Hall–Kier alpha value is -5.85. The molecule has 0 aliphatic carbocycles. The lowest BCUT2D eigenvalue weighted by Gasteiger charge is -2.25. The number of carboxylic acid groups (broad SMARTS) is 1. The number of phenols is 1. The van der Waals surface area contributed by atoms with Crippen LogP contribution in [0.2, 0.25) is 0 Å². The van der Waals surface area contributed by atoms with Crippen molar-refractivity contribution in [2.45, 2.75) is 62.5 Å². The van der Waals surface area contributed by atoms with Crippen LogP contribution in [0, 0.1) is 0 Å². The number of H-pyrrole nitrogens is 1. The van der Waals surface area contributed by atoms with E-state index in [0.717, 1.165) is 5.56 Å². The standard InChI is InChI=1S/C33H42N8O10/c1-18(43)28(41-27(45)15-36-30(47)26(16-42)40-29(46)23(34)11-19-5-3-2-4-6-19)32(49)38-24(13-21-14-35-17-37-21)31(48)39-25(33(50)51)12-20-7-9-22(44)10-8-20/h2-10,14,17-18,23-26,28,42-44H,11-13,15-16,34H2,1H3,(H,35,37)(H,36,47)(H,38,49)(H,39,48)(H,40,46)(H,41,45)(H,50,51)/t18-,23+,24+,25+,26+,28+/m1/s1. The number of aromatic amines is 1. The first-order chi connectivity index (χ1) is 24.3. The van der Waals surface area contributed by atoms with Crippen LogP contribution < -0.4 is 32.3 Å². The van der Waals surface area contributed by atoms with Crippen LogP contribution in [0.5, 0.6) is 5.75 Å². The van der Waals surface area contributed by atoms with Crippen LogP contribution in [0.4, 0.5) is 0 Å². The second-order valence-electron chi connectivity index (χ2n) is 11.6. The van der Waals surface area contributed by atoms with Crippen LogP contribution in [0.25, 0.3) is 0 Å². The van der Waals surface area contributed by atoms with E-state index in [0.29, 0.717) is 11.3 Å². The summed E-state index contributed by atoms with van der Waals surface area (Å²) >= 11 is 0. The van der Waals surface area contributed by atoms with E-state index in [-0.39, 0.29) is 25.0 Å². The number of aliphatic hydroxyl groups is 2. The van der Waals surface area contributed by atoms with Crippen molar-refractivity contribution in [3.63, 3.8) is 0 Å². The van der Waals surface area contributed by atoms with Gasteiger partial charge >= 0.3 is 5.97 Å². The zero-order valence-electron chi connectivity index (χ0n) is 27.6. The number of carbonyl (C=O) groups is 6. The highest BCUT2D eigenvalue weighted by molar-refractivity contribution is 5.95. The molecule has 18 nitrogen and oxygen atoms in total. The second-order valence-corrected chi connectivity index (χ2v) is 11.6. The number of hydrogen-bond acceptors (Lipinski definition) is 11. The molecule has 3 rings (SSSR count). The maximum Gasteiger partial charge on any atom is 0.326 e. The normalized spacial score (nSPS) is 14.4. The molecule has 2 aromatic carbocycles. The van der Waals surface area contributed by atoms with E-state index in [9.17, 15) is 49.2 Å². The van der Waals surface area contributed by atoms with Crippen LogP contribution in [0.15, 0.2) is 67.1 Å². The third-order valence-electron chi connectivity index (χ3n) is 7.55. The number of hydrogen-bond donors (Lipinski definition) is 11. The number of amides is 5. The van der Waals surface area contributed by atoms with Crippen molar-refractivity contribution in [1.29, 1.82) is 0 Å². The Kier molecular flexibility index (Phi) is 15.0. The lowest BCUT2D eigenvalue weighted by molar-refractivity contribution is -0.142. The van der Waals surface area contributed by atoms with Gasteiger partial charge in [0.15, 0.2) is 0 Å². The third kappa shape index (κ3) is 12.8. The summed E-state index contributed by atoms with van der Waals surface area (Å²) in [6.45, 7) is -0.348. The monoisotopic (exact) mass is 710 g/mol. The Morgan fingerprint density at radius 2 is 1.41 bits per heavy atom. The highest BCUT2D eigenvalue weighted by atomic mass is 16.4. The van der Waals surface area contributed by atoms with Crippen molar-refractivity contribution >= 4 is 35.5 Å². The number of phenolic OH excluding ortho intramolecular Hbond substituents is 1. The Labute approximate surface area is 292 Å². The molecule has 6 atom stereocenters. The number of rotatable bonds is 19. The van der Waals surface area contributed by atoms with Crippen LogP contribution >= 0.6 is 0 Å². The number of carboxylic acids is 1. The Morgan fingerprint density at radius 1 is 0.784 bits per heavy atom. The molecule has 3 aromatic rings. The SMILES string of the molecule is C[C@@H](O)[C@H](NC(=O)CNC(=O)[C@H](CO)NC(=O)[C@@H](N)Cc1ccccc1)C(=O)N[C@@H](Cc1c[nH]cn1)C(=O)N[C@@H](Cc1ccc(O)cc1)C(=O)O. The summed E-state index contributed by atoms with van der Waals surface area (Å²) < 4.78 is 0. The number of imidazole rings is 1. The van der Waals surface area contributed by atoms with Gasteiger partial charge in [0.1, 0.15) is 29.9 Å². The molecule has 0 saturated heterocycles. The molecule has 0 fully saturated rings. The van der Waals surface area contributed by atoms with E-state index in [1.54, 1.807) is 30.3 Å². The van der Waals surface area contributed by atoms with Gasteiger partial charge in [0.2, 0.25) is 29.5 Å². The van der Waals surface area contributed by atoms with Crippen molar-refractivity contribution in [1.82, 2.24) is 36.6 Å². The average molecular weight is 711 g/mol. The number of aromatic hydroxyl groups is 1. The summed E-state index contributed by atoms with van der Waals surface area (Å²) in [6.07, 6.45) is 1.09. The van der Waals surface area contributed by atoms with E-state index in [1.807, 2.05) is 0 Å². The highest BCUT2D eigenvalue weighted by Crippen LogP contribution is 2.12. The second kappa shape index (κ2) is 19.4. The number of nitrogens with one attached hydrogen (secondary N) is 6. The van der Waals surface area contributed by atoms with Crippen LogP contribution in [-0.2, 0) is 48.0 Å². The molecular weight excluding hydrogens is 668 g/mol. The molecule has 5 amide bonds. The number of aliphatic hydroxyl groups excluding tert-OH is 2. The number of aliphatic carboxylic acids is 1. The zero-order chi connectivity index (χ0) is 37.5. The summed E-state index contributed by atoms with van der Waals surface area (Å²) in [6, 6.07) is 7.62. The molecule has 18 heteroatoms. The number of benzene rings is 2. The molecule has 12 N–H and O–H groups in total. The average Bonchev–Trinajstić information content (AvgIpc) is 3.62. The molecule has 0 unspecified atom stereocenters. The molecule has 0 aliphatic heterocycles. The summed E-state index contributed by atoms with van der Waals surface area (Å²) in [5, 5.41) is 50.9. The van der Waals surface area contributed by atoms with E-state index in [4.69, 9.17) is 5.73 Å². The van der Waals surface area contributed by atoms with Gasteiger partial charge in [-0.3, -0.25) is 24.0 Å². The van der Waals surface area contributed by atoms with Gasteiger partial charge in [-0.05, 0) is 36.6 Å². The van der Waals surface area contributed by atoms with Crippen LogP contribution in [0.3, 0.4) is 0 Å². The molecule has 0 saturated carbocycles. The van der Waals surface area contributed by atoms with Gasteiger partial charge in [0.05, 0.1) is 37.3 Å². The quantitative estimate of drug-likeness (QED) is 0.0593. The molecular formula is C33H42N8O10. The molecule has 274 valence electrons. The van der Waals surface area contributed by atoms with Crippen molar-refractivity contribution < 1.29 is 49.2 Å². The fourth-order valence-electron chi connectivity index (χ4n) is 4.78. The molecule has 51 heavy (non-hydrogen) atoms. The summed E-state index contributed by atoms with van der Waals surface area (Å²) in [4.78, 5) is 83.3. The maximum absolute atomic E-state index is 13.3. The van der Waals surface area contributed by atoms with Crippen molar-refractivity contribution in [3.8, 4) is 5.75 Å². The summed E-state index contributed by atoms with van der Waals surface area (Å²) in [5.41, 5.74) is 7.54. The topological polar surface area (TPSA) is 298 Å². The number of carbonyl (C=O) groups excluding carboxylic acids is 5. The van der Waals surface area contributed by atoms with Gasteiger partial charge in [0.25, 0.3) is 0 Å². The van der Waals surface area contributed by atoms with Gasteiger partial charge in [0, 0.05) is 19.0 Å². The van der Waals surface area contributed by atoms with E-state index < -0.39 is 85.0 Å². The van der Waals surface area contributed by atoms with E-state index >= 15 is 0 Å². The van der Waals surface area contributed by atoms with Gasteiger partial charge in [-0.25, -0.2) is 9.78 Å². The van der Waals surface area contributed by atoms with E-state index in [2.05, 4.69) is 36.6 Å².